The third-order valence-corrected chi connectivity index (χ3v) is 4.33. The number of anilines is 1. The third-order valence-electron chi connectivity index (χ3n) is 4.33. The molecule has 7 heteroatoms. The Morgan fingerprint density at radius 2 is 1.63 bits per heavy atom. The van der Waals surface area contributed by atoms with Gasteiger partial charge in [0.2, 0.25) is 0 Å². The molecule has 0 aromatic heterocycles. The van der Waals surface area contributed by atoms with Crippen LogP contribution in [0.3, 0.4) is 0 Å². The second-order valence-corrected chi connectivity index (χ2v) is 6.14. The van der Waals surface area contributed by atoms with Crippen molar-refractivity contribution in [1.29, 1.82) is 0 Å². The summed E-state index contributed by atoms with van der Waals surface area (Å²) in [6.45, 7) is 8.14. The number of amides is 1. The Balaban J connectivity index is 1.76. The number of nitro groups is 1. The number of nitrogens with zero attached hydrogens (tertiary/aromatic N) is 2. The van der Waals surface area contributed by atoms with Crippen molar-refractivity contribution in [3.8, 4) is 0 Å². The molecule has 27 heavy (non-hydrogen) atoms. The smallest absolute Gasteiger partial charge is 0.269 e. The van der Waals surface area contributed by atoms with E-state index in [9.17, 15) is 14.9 Å². The van der Waals surface area contributed by atoms with Crippen LogP contribution in [0.2, 0.25) is 0 Å². The van der Waals surface area contributed by atoms with Gasteiger partial charge in [0, 0.05) is 43.0 Å². The van der Waals surface area contributed by atoms with E-state index >= 15 is 0 Å². The molecule has 0 aliphatic heterocycles. The summed E-state index contributed by atoms with van der Waals surface area (Å²) in [5, 5.41) is 16.6. The summed E-state index contributed by atoms with van der Waals surface area (Å²) >= 11 is 0. The van der Waals surface area contributed by atoms with Crippen LogP contribution in [0.25, 0.3) is 0 Å². The molecule has 0 unspecified atom stereocenters. The van der Waals surface area contributed by atoms with E-state index in [0.717, 1.165) is 25.3 Å². The van der Waals surface area contributed by atoms with Crippen LogP contribution < -0.4 is 10.6 Å². The average molecular weight is 370 g/mol. The van der Waals surface area contributed by atoms with Crippen LogP contribution in [-0.4, -0.2) is 41.9 Å². The molecule has 0 fully saturated rings. The summed E-state index contributed by atoms with van der Waals surface area (Å²) in [6, 6.07) is 13.9. The Labute approximate surface area is 159 Å². The van der Waals surface area contributed by atoms with Gasteiger partial charge in [-0.25, -0.2) is 0 Å². The second kappa shape index (κ2) is 10.3. The zero-order valence-electron chi connectivity index (χ0n) is 15.8. The number of hydrogen-bond acceptors (Lipinski definition) is 5. The first-order valence-corrected chi connectivity index (χ1v) is 9.11. The van der Waals surface area contributed by atoms with Gasteiger partial charge in [0.25, 0.3) is 11.6 Å². The molecule has 0 aliphatic rings. The lowest BCUT2D eigenvalue weighted by Gasteiger charge is -2.18. The number of hydrogen-bond donors (Lipinski definition) is 2. The van der Waals surface area contributed by atoms with E-state index in [1.165, 1.54) is 17.7 Å². The molecule has 2 rings (SSSR count). The van der Waals surface area contributed by atoms with Crippen molar-refractivity contribution in [3.05, 3.63) is 69.8 Å². The third kappa shape index (κ3) is 6.38. The van der Waals surface area contributed by atoms with Gasteiger partial charge in [0.05, 0.1) is 4.92 Å². The molecule has 1 amide bonds. The maximum absolute atomic E-state index is 12.2. The normalized spacial score (nSPS) is 10.6. The Morgan fingerprint density at radius 3 is 2.19 bits per heavy atom. The van der Waals surface area contributed by atoms with Gasteiger partial charge in [-0.15, -0.1) is 0 Å². The van der Waals surface area contributed by atoms with Crippen LogP contribution in [0.5, 0.6) is 0 Å². The Bertz CT molecular complexity index is 741. The highest BCUT2D eigenvalue weighted by atomic mass is 16.6. The highest BCUT2D eigenvalue weighted by Gasteiger charge is 2.07. The molecule has 7 nitrogen and oxygen atoms in total. The molecule has 0 spiro atoms. The van der Waals surface area contributed by atoms with Crippen LogP contribution in [-0.2, 0) is 6.54 Å². The number of nitrogens with one attached hydrogen (secondary N) is 2. The number of rotatable bonds is 10. The number of non-ortho nitro benzene ring substituents is 1. The van der Waals surface area contributed by atoms with E-state index < -0.39 is 4.92 Å². The van der Waals surface area contributed by atoms with Crippen molar-refractivity contribution >= 4 is 17.3 Å². The van der Waals surface area contributed by atoms with Crippen molar-refractivity contribution in [2.75, 3.05) is 31.5 Å². The molecule has 2 aromatic rings. The molecule has 0 heterocycles. The van der Waals surface area contributed by atoms with Gasteiger partial charge in [0.15, 0.2) is 0 Å². The number of carbonyl (C=O) groups excluding carboxylic acids is 1. The van der Waals surface area contributed by atoms with E-state index in [-0.39, 0.29) is 11.6 Å². The minimum Gasteiger partial charge on any atom is -0.383 e. The van der Waals surface area contributed by atoms with Crippen LogP contribution in [0.1, 0.15) is 29.8 Å². The van der Waals surface area contributed by atoms with Crippen molar-refractivity contribution in [1.82, 2.24) is 10.2 Å². The van der Waals surface area contributed by atoms with Gasteiger partial charge in [-0.3, -0.25) is 19.8 Å². The fourth-order valence-electron chi connectivity index (χ4n) is 2.65. The lowest BCUT2D eigenvalue weighted by Crippen LogP contribution is -2.28. The van der Waals surface area contributed by atoms with E-state index in [2.05, 4.69) is 29.4 Å². The first-order valence-electron chi connectivity index (χ1n) is 9.11. The molecule has 0 saturated carbocycles. The summed E-state index contributed by atoms with van der Waals surface area (Å²) in [5.74, 6) is -0.116. The Morgan fingerprint density at radius 1 is 1.00 bits per heavy atom. The van der Waals surface area contributed by atoms with E-state index in [1.807, 2.05) is 24.3 Å². The quantitative estimate of drug-likeness (QED) is 0.381. The summed E-state index contributed by atoms with van der Waals surface area (Å²) in [6.07, 6.45) is 0. The Hall–Kier alpha value is -2.93. The summed E-state index contributed by atoms with van der Waals surface area (Å²) in [5.41, 5.74) is 2.65. The Kier molecular flexibility index (Phi) is 7.76. The van der Waals surface area contributed by atoms with Gasteiger partial charge in [-0.2, -0.15) is 0 Å². The predicted molar refractivity (Wildman–Crippen MR) is 107 cm³/mol. The predicted octanol–water partition coefficient (Wildman–Crippen LogP) is 3.28. The minimum absolute atomic E-state index is 0.0540. The van der Waals surface area contributed by atoms with Crippen molar-refractivity contribution in [2.24, 2.45) is 0 Å². The molecular formula is C20H26N4O3. The van der Waals surface area contributed by atoms with Crippen molar-refractivity contribution < 1.29 is 9.72 Å². The van der Waals surface area contributed by atoms with Crippen LogP contribution in [0.4, 0.5) is 11.4 Å². The monoisotopic (exact) mass is 370 g/mol. The fraction of sp³-hybridized carbons (Fsp3) is 0.350. The lowest BCUT2D eigenvalue weighted by molar-refractivity contribution is -0.384. The second-order valence-electron chi connectivity index (χ2n) is 6.14. The van der Waals surface area contributed by atoms with Crippen LogP contribution in [0.15, 0.2) is 48.5 Å². The minimum atomic E-state index is -0.433. The number of carbonyl (C=O) groups is 1. The molecule has 0 radical (unpaired) electrons. The molecule has 0 atom stereocenters. The first kappa shape index (κ1) is 20.4. The van der Waals surface area contributed by atoms with E-state index in [0.29, 0.717) is 18.7 Å². The molecule has 2 aromatic carbocycles. The fourth-order valence-corrected chi connectivity index (χ4v) is 2.65. The molecule has 0 saturated heterocycles. The molecular weight excluding hydrogens is 344 g/mol. The largest absolute Gasteiger partial charge is 0.383 e. The van der Waals surface area contributed by atoms with Gasteiger partial charge in [-0.05, 0) is 42.9 Å². The standard InChI is InChI=1S/C20H26N4O3/c1-3-23(4-2)15-16-5-7-17(8-6-16)20(25)22-14-13-21-18-9-11-19(12-10-18)24(26)27/h5-12,21H,3-4,13-15H2,1-2H3,(H,22,25). The molecule has 0 bridgehead atoms. The van der Waals surface area contributed by atoms with Crippen molar-refractivity contribution in [2.45, 2.75) is 20.4 Å². The molecule has 0 aliphatic carbocycles. The highest BCUT2D eigenvalue weighted by Crippen LogP contribution is 2.15. The highest BCUT2D eigenvalue weighted by molar-refractivity contribution is 5.94. The molecule has 2 N–H and O–H groups in total. The first-order chi connectivity index (χ1) is 13.0. The van der Waals surface area contributed by atoms with Crippen molar-refractivity contribution in [3.63, 3.8) is 0 Å². The summed E-state index contributed by atoms with van der Waals surface area (Å²) in [4.78, 5) is 24.7. The van der Waals surface area contributed by atoms with Gasteiger partial charge >= 0.3 is 0 Å². The SMILES string of the molecule is CCN(CC)Cc1ccc(C(=O)NCCNc2ccc([N+](=O)[O-])cc2)cc1. The average Bonchev–Trinajstić information content (AvgIpc) is 2.70. The zero-order valence-corrected chi connectivity index (χ0v) is 15.8. The maximum Gasteiger partial charge on any atom is 0.269 e. The summed E-state index contributed by atoms with van der Waals surface area (Å²) < 4.78 is 0. The number of nitro benzene ring substituents is 1. The zero-order chi connectivity index (χ0) is 19.6. The summed E-state index contributed by atoms with van der Waals surface area (Å²) in [7, 11) is 0. The topological polar surface area (TPSA) is 87.5 Å². The van der Waals surface area contributed by atoms with Gasteiger partial charge < -0.3 is 10.6 Å². The molecule has 144 valence electrons. The lowest BCUT2D eigenvalue weighted by atomic mass is 10.1. The van der Waals surface area contributed by atoms with Gasteiger partial charge in [-0.1, -0.05) is 26.0 Å². The maximum atomic E-state index is 12.2. The van der Waals surface area contributed by atoms with Gasteiger partial charge in [0.1, 0.15) is 0 Å². The van der Waals surface area contributed by atoms with E-state index in [1.54, 1.807) is 12.1 Å². The van der Waals surface area contributed by atoms with Crippen LogP contribution >= 0.6 is 0 Å². The number of benzene rings is 2. The van der Waals surface area contributed by atoms with E-state index in [4.69, 9.17) is 0 Å². The van der Waals surface area contributed by atoms with Crippen LogP contribution in [0, 0.1) is 10.1 Å².